The first kappa shape index (κ1) is 17.2. The number of rotatable bonds is 3. The number of halogens is 1. The number of hydrogen-bond acceptors (Lipinski definition) is 3. The largest absolute Gasteiger partial charge is 0.264 e. The Balaban J connectivity index is 1.87. The van der Waals surface area contributed by atoms with Crippen molar-refractivity contribution in [2.75, 3.05) is 6.54 Å². The van der Waals surface area contributed by atoms with Crippen LogP contribution in [0.3, 0.4) is 0 Å². The maximum absolute atomic E-state index is 13.4. The predicted octanol–water partition coefficient (Wildman–Crippen LogP) is 4.07. The summed E-state index contributed by atoms with van der Waals surface area (Å²) in [6, 6.07) is 17.7. The van der Waals surface area contributed by atoms with Crippen LogP contribution in [0.25, 0.3) is 0 Å². The molecule has 0 aliphatic carbocycles. The number of sulfonamides is 1. The highest BCUT2D eigenvalue weighted by Crippen LogP contribution is 2.38. The summed E-state index contributed by atoms with van der Waals surface area (Å²) in [6.07, 6.45) is 4.09. The van der Waals surface area contributed by atoms with Crippen LogP contribution in [0.2, 0.25) is 5.02 Å². The maximum atomic E-state index is 13.4. The summed E-state index contributed by atoms with van der Waals surface area (Å²) in [5.74, 6) is 0. The summed E-state index contributed by atoms with van der Waals surface area (Å²) < 4.78 is 28.3. The quantitative estimate of drug-likeness (QED) is 0.683. The number of hydrogen-bond donors (Lipinski definition) is 0. The summed E-state index contributed by atoms with van der Waals surface area (Å²) in [5, 5.41) is 0.404. The van der Waals surface area contributed by atoms with Crippen molar-refractivity contribution in [1.82, 2.24) is 9.29 Å². The molecule has 2 heterocycles. The van der Waals surface area contributed by atoms with Gasteiger partial charge >= 0.3 is 0 Å². The zero-order chi connectivity index (χ0) is 18.1. The molecule has 26 heavy (non-hydrogen) atoms. The lowest BCUT2D eigenvalue weighted by Gasteiger charge is -2.36. The van der Waals surface area contributed by atoms with Crippen LogP contribution in [0.1, 0.15) is 22.7 Å². The highest BCUT2D eigenvalue weighted by atomic mass is 35.5. The summed E-state index contributed by atoms with van der Waals surface area (Å²) in [4.78, 5) is 4.40. The van der Waals surface area contributed by atoms with Crippen LogP contribution in [0, 0.1) is 0 Å². The smallest absolute Gasteiger partial charge is 0.244 e. The molecule has 0 fully saturated rings. The van der Waals surface area contributed by atoms with Crippen LogP contribution in [-0.2, 0) is 16.4 Å². The van der Waals surface area contributed by atoms with Crippen LogP contribution in [0.15, 0.2) is 78.0 Å². The molecule has 3 aromatic rings. The minimum Gasteiger partial charge on any atom is -0.264 e. The van der Waals surface area contributed by atoms with E-state index in [9.17, 15) is 8.42 Å². The standard InChI is InChI=1S/C20H17ClN2O2S/c21-17-7-3-8-18(13-17)26(24,25)23-12-10-15-5-1-2-9-19(15)20(23)16-6-4-11-22-14-16/h1-9,11,13-14,20H,10,12H2. The molecule has 1 unspecified atom stereocenters. The second kappa shape index (κ2) is 6.83. The fourth-order valence-corrected chi connectivity index (χ4v) is 5.35. The third-order valence-electron chi connectivity index (χ3n) is 4.64. The van der Waals surface area contributed by atoms with Gasteiger partial charge in [0, 0.05) is 24.0 Å². The van der Waals surface area contributed by atoms with E-state index in [1.54, 1.807) is 34.9 Å². The van der Waals surface area contributed by atoms with E-state index in [1.165, 1.54) is 11.6 Å². The zero-order valence-corrected chi connectivity index (χ0v) is 15.5. The van der Waals surface area contributed by atoms with E-state index in [0.717, 1.165) is 11.1 Å². The van der Waals surface area contributed by atoms with Gasteiger partial charge in [-0.05, 0) is 47.4 Å². The SMILES string of the molecule is O=S(=O)(c1cccc(Cl)c1)N1CCc2ccccc2C1c1cccnc1. The molecule has 0 saturated carbocycles. The molecule has 1 aliphatic heterocycles. The lowest BCUT2D eigenvalue weighted by Crippen LogP contribution is -2.40. The molecule has 4 rings (SSSR count). The number of fused-ring (bicyclic) bond motifs is 1. The van der Waals surface area contributed by atoms with E-state index < -0.39 is 16.1 Å². The second-order valence-electron chi connectivity index (χ2n) is 6.21. The number of benzene rings is 2. The van der Waals surface area contributed by atoms with Crippen LogP contribution in [0.5, 0.6) is 0 Å². The van der Waals surface area contributed by atoms with Gasteiger partial charge in [-0.3, -0.25) is 4.98 Å². The van der Waals surface area contributed by atoms with E-state index in [1.807, 2.05) is 30.3 Å². The average molecular weight is 385 g/mol. The van der Waals surface area contributed by atoms with Gasteiger partial charge in [0.2, 0.25) is 10.0 Å². The summed E-state index contributed by atoms with van der Waals surface area (Å²) >= 11 is 6.03. The van der Waals surface area contributed by atoms with E-state index in [0.29, 0.717) is 18.0 Å². The molecule has 2 aromatic carbocycles. The van der Waals surface area contributed by atoms with Crippen LogP contribution < -0.4 is 0 Å². The topological polar surface area (TPSA) is 50.3 Å². The van der Waals surface area contributed by atoms with Crippen molar-refractivity contribution < 1.29 is 8.42 Å². The highest BCUT2D eigenvalue weighted by Gasteiger charge is 2.37. The van der Waals surface area contributed by atoms with Gasteiger partial charge in [-0.1, -0.05) is 48.0 Å². The number of nitrogens with zero attached hydrogens (tertiary/aromatic N) is 2. The molecule has 4 nitrogen and oxygen atoms in total. The Kier molecular flexibility index (Phi) is 4.53. The zero-order valence-electron chi connectivity index (χ0n) is 13.9. The molecule has 1 aromatic heterocycles. The maximum Gasteiger partial charge on any atom is 0.244 e. The van der Waals surface area contributed by atoms with Gasteiger partial charge in [0.15, 0.2) is 0 Å². The molecule has 0 spiro atoms. The van der Waals surface area contributed by atoms with E-state index in [4.69, 9.17) is 11.6 Å². The molecule has 0 radical (unpaired) electrons. The van der Waals surface area contributed by atoms with Gasteiger partial charge in [0.25, 0.3) is 0 Å². The highest BCUT2D eigenvalue weighted by molar-refractivity contribution is 7.89. The molecule has 132 valence electrons. The lowest BCUT2D eigenvalue weighted by atomic mass is 9.91. The number of aromatic nitrogens is 1. The van der Waals surface area contributed by atoms with Gasteiger partial charge in [-0.2, -0.15) is 4.31 Å². The van der Waals surface area contributed by atoms with Crippen LogP contribution in [-0.4, -0.2) is 24.3 Å². The molecular weight excluding hydrogens is 368 g/mol. The molecular formula is C20H17ClN2O2S. The average Bonchev–Trinajstić information content (AvgIpc) is 2.67. The second-order valence-corrected chi connectivity index (χ2v) is 8.54. The lowest BCUT2D eigenvalue weighted by molar-refractivity contribution is 0.343. The van der Waals surface area contributed by atoms with Crippen molar-refractivity contribution >= 4 is 21.6 Å². The van der Waals surface area contributed by atoms with Gasteiger partial charge in [-0.15, -0.1) is 0 Å². The van der Waals surface area contributed by atoms with Crippen molar-refractivity contribution in [3.63, 3.8) is 0 Å². The van der Waals surface area contributed by atoms with Gasteiger partial charge in [0.05, 0.1) is 10.9 Å². The third kappa shape index (κ3) is 3.03. The Bertz CT molecular complexity index is 1040. The van der Waals surface area contributed by atoms with Crippen LogP contribution in [0.4, 0.5) is 0 Å². The summed E-state index contributed by atoms with van der Waals surface area (Å²) in [7, 11) is -3.70. The summed E-state index contributed by atoms with van der Waals surface area (Å²) in [5.41, 5.74) is 3.02. The Hall–Kier alpha value is -2.21. The van der Waals surface area contributed by atoms with E-state index in [-0.39, 0.29) is 4.90 Å². The summed E-state index contributed by atoms with van der Waals surface area (Å²) in [6.45, 7) is 0.408. The van der Waals surface area contributed by atoms with Crippen molar-refractivity contribution in [3.05, 3.63) is 94.8 Å². The molecule has 6 heteroatoms. The van der Waals surface area contributed by atoms with Crippen molar-refractivity contribution in [3.8, 4) is 0 Å². The molecule has 1 atom stereocenters. The van der Waals surface area contributed by atoms with E-state index >= 15 is 0 Å². The fraction of sp³-hybridized carbons (Fsp3) is 0.150. The molecule has 0 N–H and O–H groups in total. The molecule has 0 amide bonds. The van der Waals surface area contributed by atoms with Gasteiger partial charge in [-0.25, -0.2) is 8.42 Å². The predicted molar refractivity (Wildman–Crippen MR) is 102 cm³/mol. The minimum atomic E-state index is -3.70. The molecule has 1 aliphatic rings. The molecule has 0 bridgehead atoms. The van der Waals surface area contributed by atoms with Crippen LogP contribution >= 0.6 is 11.6 Å². The monoisotopic (exact) mass is 384 g/mol. The fourth-order valence-electron chi connectivity index (χ4n) is 3.45. The normalized spacial score (nSPS) is 17.7. The Morgan fingerprint density at radius 3 is 2.65 bits per heavy atom. The first-order chi connectivity index (χ1) is 12.6. The van der Waals surface area contributed by atoms with Gasteiger partial charge < -0.3 is 0 Å². The van der Waals surface area contributed by atoms with Gasteiger partial charge in [0.1, 0.15) is 0 Å². The third-order valence-corrected chi connectivity index (χ3v) is 6.74. The van der Waals surface area contributed by atoms with Crippen molar-refractivity contribution in [2.45, 2.75) is 17.4 Å². The first-order valence-electron chi connectivity index (χ1n) is 8.32. The Morgan fingerprint density at radius 1 is 1.04 bits per heavy atom. The van der Waals surface area contributed by atoms with E-state index in [2.05, 4.69) is 11.1 Å². The Morgan fingerprint density at radius 2 is 1.88 bits per heavy atom. The molecule has 0 saturated heterocycles. The number of pyridine rings is 1. The van der Waals surface area contributed by atoms with Crippen molar-refractivity contribution in [2.24, 2.45) is 0 Å². The minimum absolute atomic E-state index is 0.207. The first-order valence-corrected chi connectivity index (χ1v) is 10.1. The Labute approximate surface area is 158 Å². The van der Waals surface area contributed by atoms with Crippen molar-refractivity contribution in [1.29, 1.82) is 0 Å².